The van der Waals surface area contributed by atoms with Crippen molar-refractivity contribution in [2.45, 2.75) is 19.8 Å². The maximum Gasteiger partial charge on any atom is 0.224 e. The van der Waals surface area contributed by atoms with Gasteiger partial charge in [-0.3, -0.25) is 9.59 Å². The fourth-order valence-electron chi connectivity index (χ4n) is 1.13. The lowest BCUT2D eigenvalue weighted by molar-refractivity contribution is -0.122. The standard InChI is InChI=1S/C11H13ClN2O2/c1-7-2-3-8(6-9(7)12)14-11(16)5-4-10(13)15/h2-3,6H,4-5H2,1H3,(H2,13,15)(H,14,16). The third-order valence-corrected chi connectivity index (χ3v) is 2.46. The summed E-state index contributed by atoms with van der Waals surface area (Å²) in [4.78, 5) is 21.8. The summed E-state index contributed by atoms with van der Waals surface area (Å²) >= 11 is 5.90. The first-order chi connectivity index (χ1) is 7.49. The van der Waals surface area contributed by atoms with Crippen LogP contribution in [0.5, 0.6) is 0 Å². The summed E-state index contributed by atoms with van der Waals surface area (Å²) < 4.78 is 0. The van der Waals surface area contributed by atoms with E-state index >= 15 is 0 Å². The van der Waals surface area contributed by atoms with Gasteiger partial charge in [0.1, 0.15) is 0 Å². The zero-order chi connectivity index (χ0) is 12.1. The van der Waals surface area contributed by atoms with Gasteiger partial charge in [0.15, 0.2) is 0 Å². The van der Waals surface area contributed by atoms with Gasteiger partial charge in [-0.25, -0.2) is 0 Å². The third kappa shape index (κ3) is 3.90. The molecular formula is C11H13ClN2O2. The van der Waals surface area contributed by atoms with Crippen LogP contribution in [-0.2, 0) is 9.59 Å². The van der Waals surface area contributed by atoms with Crippen LogP contribution in [0.1, 0.15) is 18.4 Å². The number of rotatable bonds is 4. The van der Waals surface area contributed by atoms with Crippen molar-refractivity contribution in [2.75, 3.05) is 5.32 Å². The topological polar surface area (TPSA) is 72.2 Å². The van der Waals surface area contributed by atoms with Crippen molar-refractivity contribution in [3.63, 3.8) is 0 Å². The zero-order valence-corrected chi connectivity index (χ0v) is 9.67. The number of hydrogen-bond acceptors (Lipinski definition) is 2. The number of primary amides is 1. The molecule has 0 atom stereocenters. The van der Waals surface area contributed by atoms with Gasteiger partial charge in [0.05, 0.1) is 0 Å². The first kappa shape index (κ1) is 12.5. The predicted octanol–water partition coefficient (Wildman–Crippen LogP) is 1.85. The maximum absolute atomic E-state index is 11.4. The average molecular weight is 241 g/mol. The largest absolute Gasteiger partial charge is 0.370 e. The first-order valence-corrected chi connectivity index (χ1v) is 5.21. The highest BCUT2D eigenvalue weighted by Gasteiger charge is 2.05. The number of benzene rings is 1. The lowest BCUT2D eigenvalue weighted by Gasteiger charge is -2.06. The Morgan fingerprint density at radius 1 is 1.38 bits per heavy atom. The smallest absolute Gasteiger partial charge is 0.224 e. The second kappa shape index (κ2) is 5.51. The van der Waals surface area contributed by atoms with Crippen molar-refractivity contribution < 1.29 is 9.59 Å². The van der Waals surface area contributed by atoms with E-state index in [2.05, 4.69) is 5.32 Å². The highest BCUT2D eigenvalue weighted by atomic mass is 35.5. The number of aryl methyl sites for hydroxylation is 1. The van der Waals surface area contributed by atoms with E-state index in [1.165, 1.54) is 0 Å². The number of carbonyl (C=O) groups excluding carboxylic acids is 2. The van der Waals surface area contributed by atoms with Crippen molar-refractivity contribution in [1.82, 2.24) is 0 Å². The molecule has 0 aliphatic heterocycles. The molecule has 3 N–H and O–H groups in total. The summed E-state index contributed by atoms with van der Waals surface area (Å²) in [5.74, 6) is -0.740. The molecule has 0 saturated heterocycles. The Kier molecular flexibility index (Phi) is 4.31. The molecule has 16 heavy (non-hydrogen) atoms. The second-order valence-corrected chi connectivity index (χ2v) is 3.89. The summed E-state index contributed by atoms with van der Waals surface area (Å²) in [6, 6.07) is 5.23. The minimum atomic E-state index is -0.489. The Morgan fingerprint density at radius 3 is 2.62 bits per heavy atom. The number of nitrogens with two attached hydrogens (primary N) is 1. The number of halogens is 1. The van der Waals surface area contributed by atoms with Gasteiger partial charge < -0.3 is 11.1 Å². The molecule has 0 radical (unpaired) electrons. The SMILES string of the molecule is Cc1ccc(NC(=O)CCC(N)=O)cc1Cl. The number of amides is 2. The van der Waals surface area contributed by atoms with Crippen molar-refractivity contribution >= 4 is 29.1 Å². The average Bonchev–Trinajstić information content (AvgIpc) is 2.21. The van der Waals surface area contributed by atoms with Gasteiger partial charge in [-0.2, -0.15) is 0 Å². The molecule has 0 unspecified atom stereocenters. The van der Waals surface area contributed by atoms with E-state index in [-0.39, 0.29) is 18.7 Å². The van der Waals surface area contributed by atoms with Gasteiger partial charge in [0.25, 0.3) is 0 Å². The van der Waals surface area contributed by atoms with Gasteiger partial charge in [-0.15, -0.1) is 0 Å². The van der Waals surface area contributed by atoms with E-state index < -0.39 is 5.91 Å². The van der Waals surface area contributed by atoms with Gasteiger partial charge in [0, 0.05) is 23.6 Å². The van der Waals surface area contributed by atoms with Crippen LogP contribution in [0.4, 0.5) is 5.69 Å². The number of hydrogen-bond donors (Lipinski definition) is 2. The number of anilines is 1. The molecule has 2 amide bonds. The molecule has 86 valence electrons. The fourth-order valence-corrected chi connectivity index (χ4v) is 1.31. The Balaban J connectivity index is 2.56. The Labute approximate surface area is 98.8 Å². The quantitative estimate of drug-likeness (QED) is 0.843. The molecule has 1 aromatic carbocycles. The van der Waals surface area contributed by atoms with E-state index in [1.54, 1.807) is 12.1 Å². The zero-order valence-electron chi connectivity index (χ0n) is 8.92. The van der Waals surface area contributed by atoms with E-state index in [9.17, 15) is 9.59 Å². The van der Waals surface area contributed by atoms with Crippen molar-refractivity contribution in [2.24, 2.45) is 5.73 Å². The normalized spacial score (nSPS) is 9.88. The lowest BCUT2D eigenvalue weighted by Crippen LogP contribution is -2.17. The molecule has 0 bridgehead atoms. The van der Waals surface area contributed by atoms with Crippen molar-refractivity contribution in [3.8, 4) is 0 Å². The van der Waals surface area contributed by atoms with Crippen molar-refractivity contribution in [3.05, 3.63) is 28.8 Å². The molecule has 0 spiro atoms. The molecule has 5 heteroatoms. The summed E-state index contributed by atoms with van der Waals surface area (Å²) in [6.07, 6.45) is 0.131. The van der Waals surface area contributed by atoms with Gasteiger partial charge in [-0.05, 0) is 24.6 Å². The number of carbonyl (C=O) groups is 2. The third-order valence-electron chi connectivity index (χ3n) is 2.05. The van der Waals surface area contributed by atoms with Crippen LogP contribution in [0.3, 0.4) is 0 Å². The Bertz CT molecular complexity index is 418. The summed E-state index contributed by atoms with van der Waals surface area (Å²) in [5.41, 5.74) is 6.50. The molecular weight excluding hydrogens is 228 g/mol. The van der Waals surface area contributed by atoms with Crippen LogP contribution in [0.15, 0.2) is 18.2 Å². The summed E-state index contributed by atoms with van der Waals surface area (Å²) in [6.45, 7) is 1.88. The van der Waals surface area contributed by atoms with Crippen LogP contribution in [0.2, 0.25) is 5.02 Å². The fraction of sp³-hybridized carbons (Fsp3) is 0.273. The van der Waals surface area contributed by atoms with E-state index in [1.807, 2.05) is 13.0 Å². The summed E-state index contributed by atoms with van der Waals surface area (Å²) in [5, 5.41) is 3.22. The molecule has 1 aromatic rings. The Hall–Kier alpha value is -1.55. The maximum atomic E-state index is 11.4. The lowest BCUT2D eigenvalue weighted by atomic mass is 10.2. The molecule has 0 aromatic heterocycles. The molecule has 0 aliphatic carbocycles. The van der Waals surface area contributed by atoms with Crippen LogP contribution in [0.25, 0.3) is 0 Å². The number of nitrogens with one attached hydrogen (secondary N) is 1. The van der Waals surface area contributed by atoms with Gasteiger partial charge in [0.2, 0.25) is 11.8 Å². The molecule has 0 saturated carbocycles. The molecule has 0 heterocycles. The molecule has 0 aliphatic rings. The van der Waals surface area contributed by atoms with Crippen LogP contribution in [-0.4, -0.2) is 11.8 Å². The first-order valence-electron chi connectivity index (χ1n) is 4.83. The minimum absolute atomic E-state index is 0.0471. The minimum Gasteiger partial charge on any atom is -0.370 e. The second-order valence-electron chi connectivity index (χ2n) is 3.48. The van der Waals surface area contributed by atoms with E-state index in [4.69, 9.17) is 17.3 Å². The van der Waals surface area contributed by atoms with Crippen LogP contribution < -0.4 is 11.1 Å². The van der Waals surface area contributed by atoms with Gasteiger partial charge in [-0.1, -0.05) is 17.7 Å². The monoisotopic (exact) mass is 240 g/mol. The van der Waals surface area contributed by atoms with Crippen LogP contribution >= 0.6 is 11.6 Å². The Morgan fingerprint density at radius 2 is 2.06 bits per heavy atom. The summed E-state index contributed by atoms with van der Waals surface area (Å²) in [7, 11) is 0. The molecule has 4 nitrogen and oxygen atoms in total. The van der Waals surface area contributed by atoms with Gasteiger partial charge >= 0.3 is 0 Å². The van der Waals surface area contributed by atoms with E-state index in [0.29, 0.717) is 10.7 Å². The highest BCUT2D eigenvalue weighted by Crippen LogP contribution is 2.19. The molecule has 0 fully saturated rings. The van der Waals surface area contributed by atoms with Crippen molar-refractivity contribution in [1.29, 1.82) is 0 Å². The van der Waals surface area contributed by atoms with Crippen LogP contribution in [0, 0.1) is 6.92 Å². The molecule has 1 rings (SSSR count). The highest BCUT2D eigenvalue weighted by molar-refractivity contribution is 6.31. The predicted molar refractivity (Wildman–Crippen MR) is 63.2 cm³/mol. The van der Waals surface area contributed by atoms with E-state index in [0.717, 1.165) is 5.56 Å².